The number of imidazole rings is 1. The number of aromatic nitrogens is 2. The minimum Gasteiger partial charge on any atom is -0.381 e. The molecule has 1 aromatic heterocycles. The molecule has 1 N–H and O–H groups in total. The SMILES string of the molecule is CCc1nc(S(=O)(=O)Cl)cn1CC(=O)NC1CCOCC1. The minimum atomic E-state index is -3.89. The molecule has 0 saturated carbocycles. The zero-order valence-corrected chi connectivity index (χ0v) is 13.3. The number of nitrogens with one attached hydrogen (secondary N) is 1. The minimum absolute atomic E-state index is 0.0277. The quantitative estimate of drug-likeness (QED) is 0.799. The maximum absolute atomic E-state index is 12.0. The molecule has 118 valence electrons. The highest BCUT2D eigenvalue weighted by atomic mass is 35.7. The molecule has 2 rings (SSSR count). The fourth-order valence-corrected chi connectivity index (χ4v) is 2.93. The summed E-state index contributed by atoms with van der Waals surface area (Å²) < 4.78 is 29.3. The lowest BCUT2D eigenvalue weighted by Gasteiger charge is -2.23. The zero-order valence-electron chi connectivity index (χ0n) is 11.7. The van der Waals surface area contributed by atoms with Crippen molar-refractivity contribution >= 4 is 25.6 Å². The zero-order chi connectivity index (χ0) is 15.5. The lowest BCUT2D eigenvalue weighted by Crippen LogP contribution is -2.40. The van der Waals surface area contributed by atoms with Crippen LogP contribution in [-0.2, 0) is 31.5 Å². The Balaban J connectivity index is 2.04. The van der Waals surface area contributed by atoms with E-state index in [-0.39, 0.29) is 23.5 Å². The van der Waals surface area contributed by atoms with Gasteiger partial charge in [0, 0.05) is 42.6 Å². The summed E-state index contributed by atoms with van der Waals surface area (Å²) in [5.74, 6) is 0.337. The van der Waals surface area contributed by atoms with Gasteiger partial charge in [-0.3, -0.25) is 4.79 Å². The van der Waals surface area contributed by atoms with E-state index in [9.17, 15) is 13.2 Å². The average molecular weight is 336 g/mol. The van der Waals surface area contributed by atoms with E-state index in [2.05, 4.69) is 10.3 Å². The van der Waals surface area contributed by atoms with Crippen LogP contribution in [0.3, 0.4) is 0 Å². The highest BCUT2D eigenvalue weighted by Crippen LogP contribution is 2.15. The number of rotatable bonds is 5. The third kappa shape index (κ3) is 4.42. The van der Waals surface area contributed by atoms with Crippen molar-refractivity contribution in [2.75, 3.05) is 13.2 Å². The predicted molar refractivity (Wildman–Crippen MR) is 76.6 cm³/mol. The van der Waals surface area contributed by atoms with Crippen molar-refractivity contribution < 1.29 is 17.9 Å². The third-order valence-corrected chi connectivity index (χ3v) is 4.47. The van der Waals surface area contributed by atoms with Gasteiger partial charge in [0.15, 0.2) is 5.03 Å². The summed E-state index contributed by atoms with van der Waals surface area (Å²) in [5.41, 5.74) is 0. The molecule has 0 spiro atoms. The highest BCUT2D eigenvalue weighted by Gasteiger charge is 2.20. The summed E-state index contributed by atoms with van der Waals surface area (Å²) in [6, 6.07) is 0.107. The summed E-state index contributed by atoms with van der Waals surface area (Å²) in [5, 5.41) is 2.69. The highest BCUT2D eigenvalue weighted by molar-refractivity contribution is 8.13. The Labute approximate surface area is 128 Å². The molecule has 7 nitrogen and oxygen atoms in total. The molecule has 0 unspecified atom stereocenters. The molecular formula is C12H18ClN3O4S. The van der Waals surface area contributed by atoms with Crippen LogP contribution in [0.15, 0.2) is 11.2 Å². The summed E-state index contributed by atoms with van der Waals surface area (Å²) in [7, 11) is 1.39. The first-order chi connectivity index (χ1) is 9.90. The van der Waals surface area contributed by atoms with E-state index < -0.39 is 9.05 Å². The Morgan fingerprint density at radius 1 is 1.52 bits per heavy atom. The van der Waals surface area contributed by atoms with Crippen LogP contribution in [0.1, 0.15) is 25.6 Å². The molecule has 2 heterocycles. The summed E-state index contributed by atoms with van der Waals surface area (Å²) >= 11 is 0. The van der Waals surface area contributed by atoms with Crippen molar-refractivity contribution in [3.05, 3.63) is 12.0 Å². The van der Waals surface area contributed by atoms with Gasteiger partial charge in [0.25, 0.3) is 9.05 Å². The molecule has 1 saturated heterocycles. The number of aryl methyl sites for hydroxylation is 1. The van der Waals surface area contributed by atoms with Crippen LogP contribution in [-0.4, -0.2) is 43.1 Å². The van der Waals surface area contributed by atoms with Crippen LogP contribution in [0.25, 0.3) is 0 Å². The molecular weight excluding hydrogens is 318 g/mol. The van der Waals surface area contributed by atoms with Crippen molar-refractivity contribution in [1.82, 2.24) is 14.9 Å². The molecule has 0 atom stereocenters. The van der Waals surface area contributed by atoms with Gasteiger partial charge >= 0.3 is 0 Å². The molecule has 1 amide bonds. The number of nitrogens with zero attached hydrogens (tertiary/aromatic N) is 2. The first-order valence-corrected chi connectivity index (χ1v) is 9.09. The van der Waals surface area contributed by atoms with Gasteiger partial charge in [-0.1, -0.05) is 6.92 Å². The van der Waals surface area contributed by atoms with Crippen molar-refractivity contribution in [2.24, 2.45) is 0 Å². The lowest BCUT2D eigenvalue weighted by atomic mass is 10.1. The Morgan fingerprint density at radius 2 is 2.19 bits per heavy atom. The Hall–Kier alpha value is -1.12. The molecule has 21 heavy (non-hydrogen) atoms. The molecule has 1 aromatic rings. The first kappa shape index (κ1) is 16.3. The molecule has 0 bridgehead atoms. The van der Waals surface area contributed by atoms with E-state index >= 15 is 0 Å². The molecule has 9 heteroatoms. The lowest BCUT2D eigenvalue weighted by molar-refractivity contribution is -0.123. The van der Waals surface area contributed by atoms with Crippen molar-refractivity contribution in [2.45, 2.75) is 43.8 Å². The Morgan fingerprint density at radius 3 is 2.76 bits per heavy atom. The van der Waals surface area contributed by atoms with E-state index in [0.29, 0.717) is 25.5 Å². The molecule has 1 fully saturated rings. The molecule has 1 aliphatic rings. The first-order valence-electron chi connectivity index (χ1n) is 6.78. The molecule has 1 aliphatic heterocycles. The normalized spacial score (nSPS) is 16.9. The van der Waals surface area contributed by atoms with E-state index in [4.69, 9.17) is 15.4 Å². The van der Waals surface area contributed by atoms with Gasteiger partial charge in [0.1, 0.15) is 12.4 Å². The van der Waals surface area contributed by atoms with Crippen LogP contribution in [0.4, 0.5) is 0 Å². The van der Waals surface area contributed by atoms with Gasteiger partial charge in [-0.2, -0.15) is 0 Å². The second-order valence-electron chi connectivity index (χ2n) is 4.87. The van der Waals surface area contributed by atoms with Crippen LogP contribution in [0.5, 0.6) is 0 Å². The fourth-order valence-electron chi connectivity index (χ4n) is 2.23. The fraction of sp³-hybridized carbons (Fsp3) is 0.667. The molecule has 0 aliphatic carbocycles. The topological polar surface area (TPSA) is 90.3 Å². The van der Waals surface area contributed by atoms with E-state index in [1.807, 2.05) is 6.92 Å². The van der Waals surface area contributed by atoms with Crippen molar-refractivity contribution in [3.63, 3.8) is 0 Å². The van der Waals surface area contributed by atoms with Crippen LogP contribution >= 0.6 is 10.7 Å². The van der Waals surface area contributed by atoms with Crippen molar-refractivity contribution in [1.29, 1.82) is 0 Å². The van der Waals surface area contributed by atoms with Crippen molar-refractivity contribution in [3.8, 4) is 0 Å². The standard InChI is InChI=1S/C12H18ClN3O4S/c1-2-10-15-12(21(13,18)19)8-16(10)7-11(17)14-9-3-5-20-6-4-9/h8-9H,2-7H2,1H3,(H,14,17). The monoisotopic (exact) mass is 335 g/mol. The number of amides is 1. The molecule has 0 radical (unpaired) electrons. The molecule has 0 aromatic carbocycles. The number of hydrogen-bond donors (Lipinski definition) is 1. The van der Waals surface area contributed by atoms with Gasteiger partial charge in [-0.05, 0) is 12.8 Å². The van der Waals surface area contributed by atoms with Crippen LogP contribution in [0, 0.1) is 0 Å². The van der Waals surface area contributed by atoms with E-state index in [1.54, 1.807) is 0 Å². The smallest absolute Gasteiger partial charge is 0.280 e. The number of carbonyl (C=O) groups is 1. The van der Waals surface area contributed by atoms with Gasteiger partial charge in [0.05, 0.1) is 0 Å². The maximum Gasteiger partial charge on any atom is 0.280 e. The second kappa shape index (κ2) is 6.76. The van der Waals surface area contributed by atoms with E-state index in [1.165, 1.54) is 10.8 Å². The number of ether oxygens (including phenoxy) is 1. The van der Waals surface area contributed by atoms with Gasteiger partial charge in [-0.15, -0.1) is 0 Å². The Bertz CT molecular complexity index is 608. The summed E-state index contributed by atoms with van der Waals surface area (Å²) in [6.07, 6.45) is 3.39. The largest absolute Gasteiger partial charge is 0.381 e. The second-order valence-corrected chi connectivity index (χ2v) is 7.38. The third-order valence-electron chi connectivity index (χ3n) is 3.30. The van der Waals surface area contributed by atoms with E-state index in [0.717, 1.165) is 12.8 Å². The summed E-state index contributed by atoms with van der Waals surface area (Å²) in [4.78, 5) is 16.0. The Kier molecular flexibility index (Phi) is 5.23. The summed E-state index contributed by atoms with van der Waals surface area (Å²) in [6.45, 7) is 3.15. The van der Waals surface area contributed by atoms with Gasteiger partial charge < -0.3 is 14.6 Å². The maximum atomic E-state index is 12.0. The van der Waals surface area contributed by atoms with Crippen LogP contribution in [0.2, 0.25) is 0 Å². The number of carbonyl (C=O) groups excluding carboxylic acids is 1. The predicted octanol–water partition coefficient (Wildman–Crippen LogP) is 0.668. The number of halogens is 1. The van der Waals surface area contributed by atoms with Gasteiger partial charge in [0.2, 0.25) is 5.91 Å². The average Bonchev–Trinajstić information content (AvgIpc) is 2.82. The number of hydrogen-bond acceptors (Lipinski definition) is 5. The van der Waals surface area contributed by atoms with Crippen LogP contribution < -0.4 is 5.32 Å². The van der Waals surface area contributed by atoms with Gasteiger partial charge in [-0.25, -0.2) is 13.4 Å².